The molecule has 0 N–H and O–H groups in total. The van der Waals surface area contributed by atoms with Gasteiger partial charge in [-0.2, -0.15) is 5.10 Å². The van der Waals surface area contributed by atoms with Crippen molar-refractivity contribution in [1.82, 2.24) is 19.2 Å². The van der Waals surface area contributed by atoms with E-state index in [0.717, 1.165) is 6.42 Å². The van der Waals surface area contributed by atoms with Gasteiger partial charge in [-0.25, -0.2) is 0 Å². The number of carbonyl (C=O) groups is 1. The molecular formula is C17H22N4O4. The van der Waals surface area contributed by atoms with E-state index in [-0.39, 0.29) is 29.9 Å². The fraction of sp³-hybridized carbons (Fsp3) is 0.471. The number of nitrogens with zero attached hydrogens (tertiary/aromatic N) is 4. The second-order valence-electron chi connectivity index (χ2n) is 5.92. The summed E-state index contributed by atoms with van der Waals surface area (Å²) >= 11 is 0. The molecule has 8 heteroatoms. The zero-order chi connectivity index (χ0) is 17.6. The normalized spacial score (nSPS) is 18.0. The van der Waals surface area contributed by atoms with E-state index in [9.17, 15) is 9.59 Å². The smallest absolute Gasteiger partial charge is 0.293 e. The van der Waals surface area contributed by atoms with Gasteiger partial charge in [0.25, 0.3) is 5.56 Å². The summed E-state index contributed by atoms with van der Waals surface area (Å²) in [7, 11) is 1.44. The van der Waals surface area contributed by atoms with Crippen molar-refractivity contribution in [2.75, 3.05) is 26.8 Å². The Morgan fingerprint density at radius 2 is 2.28 bits per heavy atom. The topological polar surface area (TPSA) is 78.6 Å². The van der Waals surface area contributed by atoms with E-state index in [4.69, 9.17) is 9.47 Å². The van der Waals surface area contributed by atoms with Crippen LogP contribution in [-0.2, 0) is 22.6 Å². The van der Waals surface area contributed by atoms with Crippen LogP contribution in [0.4, 0.5) is 0 Å². The van der Waals surface area contributed by atoms with Crippen molar-refractivity contribution >= 4 is 5.91 Å². The minimum absolute atomic E-state index is 0.00940. The molecule has 0 unspecified atom stereocenters. The maximum Gasteiger partial charge on any atom is 0.293 e. The van der Waals surface area contributed by atoms with Gasteiger partial charge < -0.3 is 18.9 Å². The van der Waals surface area contributed by atoms with Gasteiger partial charge in [0.05, 0.1) is 19.8 Å². The molecule has 1 saturated heterocycles. The molecule has 0 bridgehead atoms. The van der Waals surface area contributed by atoms with Crippen molar-refractivity contribution in [2.45, 2.75) is 25.6 Å². The van der Waals surface area contributed by atoms with Crippen molar-refractivity contribution in [2.24, 2.45) is 0 Å². The van der Waals surface area contributed by atoms with Gasteiger partial charge in [0, 0.05) is 38.3 Å². The molecule has 1 aliphatic heterocycles. The molecule has 1 atom stereocenters. The molecule has 1 amide bonds. The van der Waals surface area contributed by atoms with Crippen LogP contribution in [0.15, 0.2) is 41.6 Å². The number of hydrogen-bond donors (Lipinski definition) is 0. The van der Waals surface area contributed by atoms with Gasteiger partial charge in [-0.3, -0.25) is 14.3 Å². The van der Waals surface area contributed by atoms with E-state index in [1.807, 2.05) is 12.3 Å². The minimum Gasteiger partial charge on any atom is -0.491 e. The molecule has 134 valence electrons. The SMILES string of the molecule is COc1cccn(CC(=O)N2CCCO[C@@H](Cn3cccn3)C2)c1=O. The second-order valence-corrected chi connectivity index (χ2v) is 5.92. The molecule has 2 aromatic heterocycles. The molecule has 3 rings (SSSR count). The Labute approximate surface area is 145 Å². The maximum absolute atomic E-state index is 12.7. The molecule has 0 aromatic carbocycles. The van der Waals surface area contributed by atoms with Crippen molar-refractivity contribution in [3.8, 4) is 5.75 Å². The monoisotopic (exact) mass is 346 g/mol. The highest BCUT2D eigenvalue weighted by molar-refractivity contribution is 5.76. The predicted molar refractivity (Wildman–Crippen MR) is 90.4 cm³/mol. The van der Waals surface area contributed by atoms with Crippen LogP contribution in [0.25, 0.3) is 0 Å². The lowest BCUT2D eigenvalue weighted by atomic mass is 10.3. The molecule has 1 aliphatic rings. The van der Waals surface area contributed by atoms with Crippen LogP contribution in [-0.4, -0.2) is 58.1 Å². The van der Waals surface area contributed by atoms with Crippen LogP contribution < -0.4 is 10.3 Å². The van der Waals surface area contributed by atoms with Gasteiger partial charge >= 0.3 is 0 Å². The van der Waals surface area contributed by atoms with Crippen LogP contribution >= 0.6 is 0 Å². The van der Waals surface area contributed by atoms with E-state index in [1.165, 1.54) is 11.7 Å². The van der Waals surface area contributed by atoms with Crippen LogP contribution in [0.2, 0.25) is 0 Å². The summed E-state index contributed by atoms with van der Waals surface area (Å²) in [4.78, 5) is 26.6. The molecule has 8 nitrogen and oxygen atoms in total. The first-order valence-corrected chi connectivity index (χ1v) is 8.27. The molecular weight excluding hydrogens is 324 g/mol. The van der Waals surface area contributed by atoms with Crippen molar-refractivity contribution in [3.63, 3.8) is 0 Å². The summed E-state index contributed by atoms with van der Waals surface area (Å²) in [6.45, 7) is 2.29. The van der Waals surface area contributed by atoms with Crippen molar-refractivity contribution in [1.29, 1.82) is 0 Å². The third-order valence-electron chi connectivity index (χ3n) is 4.16. The maximum atomic E-state index is 12.7. The Morgan fingerprint density at radius 1 is 1.40 bits per heavy atom. The Morgan fingerprint density at radius 3 is 3.04 bits per heavy atom. The number of pyridine rings is 1. The first-order valence-electron chi connectivity index (χ1n) is 8.27. The van der Waals surface area contributed by atoms with E-state index in [2.05, 4.69) is 5.10 Å². The third kappa shape index (κ3) is 4.27. The molecule has 0 radical (unpaired) electrons. The van der Waals surface area contributed by atoms with Gasteiger partial charge in [-0.1, -0.05) is 0 Å². The van der Waals surface area contributed by atoms with Crippen LogP contribution in [0.3, 0.4) is 0 Å². The standard InChI is InChI=1S/C17H22N4O4/c1-24-15-5-2-7-20(17(15)23)13-16(22)19-8-4-10-25-14(11-19)12-21-9-3-6-18-21/h2-3,5-7,9,14H,4,8,10-13H2,1H3/t14-/m1/s1. The summed E-state index contributed by atoms with van der Waals surface area (Å²) in [6, 6.07) is 5.14. The summed E-state index contributed by atoms with van der Waals surface area (Å²) < 4.78 is 14.0. The fourth-order valence-electron chi connectivity index (χ4n) is 2.89. The quantitative estimate of drug-likeness (QED) is 0.782. The number of methoxy groups -OCH3 is 1. The zero-order valence-corrected chi connectivity index (χ0v) is 14.2. The van der Waals surface area contributed by atoms with Crippen molar-refractivity contribution in [3.05, 3.63) is 47.1 Å². The number of amides is 1. The Kier molecular flexibility index (Phi) is 5.49. The summed E-state index contributed by atoms with van der Waals surface area (Å²) in [6.07, 6.45) is 5.84. The largest absolute Gasteiger partial charge is 0.491 e. The van der Waals surface area contributed by atoms with E-state index >= 15 is 0 Å². The van der Waals surface area contributed by atoms with Crippen LogP contribution in [0.1, 0.15) is 6.42 Å². The van der Waals surface area contributed by atoms with E-state index in [1.54, 1.807) is 34.1 Å². The highest BCUT2D eigenvalue weighted by Gasteiger charge is 2.23. The Bertz CT molecular complexity index is 756. The summed E-state index contributed by atoms with van der Waals surface area (Å²) in [5.41, 5.74) is -0.308. The molecule has 25 heavy (non-hydrogen) atoms. The first kappa shape index (κ1) is 17.2. The first-order chi connectivity index (χ1) is 12.2. The average molecular weight is 346 g/mol. The average Bonchev–Trinajstić information content (AvgIpc) is 3.00. The predicted octanol–water partition coefficient (Wildman–Crippen LogP) is 0.371. The van der Waals surface area contributed by atoms with Crippen LogP contribution in [0, 0.1) is 0 Å². The lowest BCUT2D eigenvalue weighted by Crippen LogP contribution is -2.41. The second kappa shape index (κ2) is 7.98. The van der Waals surface area contributed by atoms with E-state index in [0.29, 0.717) is 26.2 Å². The number of carbonyl (C=O) groups excluding carboxylic acids is 1. The number of aromatic nitrogens is 3. The van der Waals surface area contributed by atoms with Gasteiger partial charge in [-0.15, -0.1) is 0 Å². The Hall–Kier alpha value is -2.61. The van der Waals surface area contributed by atoms with Gasteiger partial charge in [-0.05, 0) is 24.6 Å². The molecule has 2 aromatic rings. The number of rotatable bonds is 5. The van der Waals surface area contributed by atoms with Gasteiger partial charge in [0.15, 0.2) is 5.75 Å². The lowest BCUT2D eigenvalue weighted by Gasteiger charge is -2.24. The molecule has 3 heterocycles. The fourth-order valence-corrected chi connectivity index (χ4v) is 2.89. The van der Waals surface area contributed by atoms with Gasteiger partial charge in [0.1, 0.15) is 6.54 Å². The van der Waals surface area contributed by atoms with Crippen molar-refractivity contribution < 1.29 is 14.3 Å². The molecule has 0 saturated carbocycles. The summed E-state index contributed by atoms with van der Waals surface area (Å²) in [5.74, 6) is 0.123. The molecule has 0 aliphatic carbocycles. The molecule has 0 spiro atoms. The Balaban J connectivity index is 1.67. The lowest BCUT2D eigenvalue weighted by molar-refractivity contribution is -0.132. The van der Waals surface area contributed by atoms with Gasteiger partial charge in [0.2, 0.25) is 5.91 Å². The van der Waals surface area contributed by atoms with Crippen LogP contribution in [0.5, 0.6) is 5.75 Å². The highest BCUT2D eigenvalue weighted by atomic mass is 16.5. The zero-order valence-electron chi connectivity index (χ0n) is 14.2. The number of hydrogen-bond acceptors (Lipinski definition) is 5. The number of ether oxygens (including phenoxy) is 2. The summed E-state index contributed by atoms with van der Waals surface area (Å²) in [5, 5.41) is 4.18. The highest BCUT2D eigenvalue weighted by Crippen LogP contribution is 2.09. The third-order valence-corrected chi connectivity index (χ3v) is 4.16. The molecule has 1 fully saturated rings. The minimum atomic E-state index is -0.308. The van der Waals surface area contributed by atoms with E-state index < -0.39 is 0 Å².